The van der Waals surface area contributed by atoms with Crippen LogP contribution in [0.15, 0.2) is 18.2 Å². The van der Waals surface area contributed by atoms with E-state index >= 15 is 0 Å². The molecule has 0 aromatic carbocycles. The number of hydrogen-bond acceptors (Lipinski definition) is 1. The van der Waals surface area contributed by atoms with Crippen molar-refractivity contribution >= 4 is 0 Å². The molecule has 1 aliphatic rings. The van der Waals surface area contributed by atoms with Crippen LogP contribution in [0.2, 0.25) is 0 Å². The minimum Gasteiger partial charge on any atom is -0.577 e. The van der Waals surface area contributed by atoms with E-state index in [1.165, 1.54) is 0 Å². The molecule has 11 heavy (non-hydrogen) atoms. The van der Waals surface area contributed by atoms with Crippen LogP contribution in [0.25, 0.3) is 5.59 Å². The molecule has 0 amide bonds. The molecule has 0 heterocycles. The molecular formula is C7H10NOW2-3. The average molecular weight is 492 g/mol. The van der Waals surface area contributed by atoms with Gasteiger partial charge in [-0.1, -0.05) is 0 Å². The summed E-state index contributed by atoms with van der Waals surface area (Å²) in [6.07, 6.45) is 10.0. The third-order valence-corrected chi connectivity index (χ3v) is 0.586. The SMILES string of the molecule is [C-]1=CC=CC1.[CH2-]C.[N-]=O.[W].[W]. The Morgan fingerprint density at radius 2 is 1.82 bits per heavy atom. The van der Waals surface area contributed by atoms with E-state index in [0.29, 0.717) is 0 Å². The fourth-order valence-electron chi connectivity index (χ4n) is 0.340. The van der Waals surface area contributed by atoms with Crippen molar-refractivity contribution in [3.63, 3.8) is 0 Å². The molecule has 0 saturated heterocycles. The van der Waals surface area contributed by atoms with Crippen molar-refractivity contribution in [2.24, 2.45) is 0 Å². The van der Waals surface area contributed by atoms with Crippen molar-refractivity contribution in [1.82, 2.24) is 0 Å². The van der Waals surface area contributed by atoms with Gasteiger partial charge in [0.1, 0.15) is 0 Å². The molecule has 0 aromatic rings. The number of hydrogen-bond donors (Lipinski definition) is 0. The van der Waals surface area contributed by atoms with Crippen LogP contribution in [0.4, 0.5) is 0 Å². The van der Waals surface area contributed by atoms with Gasteiger partial charge in [0.2, 0.25) is 0 Å². The smallest absolute Gasteiger partial charge is 0 e. The van der Waals surface area contributed by atoms with E-state index in [4.69, 9.17) is 10.5 Å². The normalized spacial score (nSPS) is 8.91. The first-order chi connectivity index (χ1) is 4.50. The van der Waals surface area contributed by atoms with Gasteiger partial charge in [0.15, 0.2) is 0 Å². The minimum atomic E-state index is 0. The van der Waals surface area contributed by atoms with Crippen LogP contribution in [0.3, 0.4) is 0 Å². The molecule has 0 aliphatic heterocycles. The maximum absolute atomic E-state index is 7.25. The van der Waals surface area contributed by atoms with Gasteiger partial charge < -0.3 is 17.4 Å². The summed E-state index contributed by atoms with van der Waals surface area (Å²) in [5, 5.41) is 0. The van der Waals surface area contributed by atoms with Gasteiger partial charge in [-0.2, -0.15) is 13.0 Å². The maximum Gasteiger partial charge on any atom is 0 e. The summed E-state index contributed by atoms with van der Waals surface area (Å²) in [6.45, 7) is 5.00. The van der Waals surface area contributed by atoms with Gasteiger partial charge in [-0.25, -0.2) is 12.2 Å². The van der Waals surface area contributed by atoms with Gasteiger partial charge in [-0.3, -0.25) is 6.08 Å². The standard InChI is InChI=1S/C5H5.C2H5.NO.2W/c1-2-4-5-3-1;2*1-2;;/h1-3H,4H2;1H2,2H3;;;/q3*-1;;. The second-order valence-electron chi connectivity index (χ2n) is 1.00. The Balaban J connectivity index is -0.0000000369. The second-order valence-corrected chi connectivity index (χ2v) is 1.00. The molecule has 1 aliphatic carbocycles. The van der Waals surface area contributed by atoms with Gasteiger partial charge in [0.25, 0.3) is 0 Å². The fraction of sp³-hybridized carbons (Fsp3) is 0.286. The first kappa shape index (κ1) is 22.5. The van der Waals surface area contributed by atoms with Crippen molar-refractivity contribution in [2.45, 2.75) is 13.3 Å². The maximum atomic E-state index is 7.25. The van der Waals surface area contributed by atoms with E-state index in [1.807, 2.05) is 12.2 Å². The van der Waals surface area contributed by atoms with Crippen LogP contribution in [-0.4, -0.2) is 0 Å². The molecule has 0 radical (unpaired) electrons. The molecule has 0 fully saturated rings. The largest absolute Gasteiger partial charge is 0.577 e. The Morgan fingerprint density at radius 1 is 1.36 bits per heavy atom. The number of nitroso groups, excluding NO2 is 1. The van der Waals surface area contributed by atoms with Gasteiger partial charge in [0, 0.05) is 42.1 Å². The van der Waals surface area contributed by atoms with Crippen molar-refractivity contribution in [3.05, 3.63) is 41.7 Å². The number of allylic oxidation sites excluding steroid dienone is 4. The van der Waals surface area contributed by atoms with Crippen LogP contribution >= 0.6 is 0 Å². The predicted octanol–water partition coefficient (Wildman–Crippen LogP) is 2.46. The molecule has 4 heteroatoms. The van der Waals surface area contributed by atoms with E-state index in [9.17, 15) is 0 Å². The topological polar surface area (TPSA) is 39.4 Å². The van der Waals surface area contributed by atoms with Gasteiger partial charge in [-0.15, -0.1) is 6.42 Å². The van der Waals surface area contributed by atoms with E-state index < -0.39 is 0 Å². The number of nitrogens with zero attached hydrogens (tertiary/aromatic N) is 1. The van der Waals surface area contributed by atoms with E-state index in [2.05, 4.69) is 19.1 Å². The minimum absolute atomic E-state index is 0. The summed E-state index contributed by atoms with van der Waals surface area (Å²) in [4.78, 5) is 7.25. The van der Waals surface area contributed by atoms with Crippen molar-refractivity contribution in [1.29, 1.82) is 0 Å². The van der Waals surface area contributed by atoms with Crippen LogP contribution in [0.1, 0.15) is 13.3 Å². The van der Waals surface area contributed by atoms with Crippen molar-refractivity contribution in [2.75, 3.05) is 0 Å². The van der Waals surface area contributed by atoms with Crippen LogP contribution in [-0.2, 0) is 42.1 Å². The molecule has 0 spiro atoms. The fourth-order valence-corrected chi connectivity index (χ4v) is 0.340. The zero-order chi connectivity index (χ0) is 7.54. The molecule has 64 valence electrons. The molecule has 0 N–H and O–H groups in total. The summed E-state index contributed by atoms with van der Waals surface area (Å²) in [5.41, 5.74) is 5.75. The molecule has 0 unspecified atom stereocenters. The molecule has 0 saturated carbocycles. The van der Waals surface area contributed by atoms with Gasteiger partial charge in [0.05, 0.1) is 0 Å². The number of rotatable bonds is 0. The summed E-state index contributed by atoms with van der Waals surface area (Å²) >= 11 is 0. The third kappa shape index (κ3) is 25.1. The zero-order valence-electron chi connectivity index (χ0n) is 6.32. The Labute approximate surface area is 96.8 Å². The Kier molecular flexibility index (Phi) is 64.3. The molecule has 0 bridgehead atoms. The van der Waals surface area contributed by atoms with Crippen LogP contribution < -0.4 is 0 Å². The Bertz CT molecular complexity index is 84.4. The van der Waals surface area contributed by atoms with Gasteiger partial charge in [-0.05, 0) is 0 Å². The quantitative estimate of drug-likeness (QED) is 0.480. The molecule has 0 aromatic heterocycles. The predicted molar refractivity (Wildman–Crippen MR) is 39.3 cm³/mol. The first-order valence-corrected chi connectivity index (χ1v) is 2.61. The monoisotopic (exact) mass is 492 g/mol. The molecule has 1 rings (SSSR count). The molecule has 2 nitrogen and oxygen atoms in total. The van der Waals surface area contributed by atoms with E-state index in [1.54, 1.807) is 6.92 Å². The summed E-state index contributed by atoms with van der Waals surface area (Å²) in [5.74, 6) is 0. The van der Waals surface area contributed by atoms with Gasteiger partial charge >= 0.3 is 0 Å². The third-order valence-electron chi connectivity index (χ3n) is 0.586. The Hall–Kier alpha value is 0.457. The summed E-state index contributed by atoms with van der Waals surface area (Å²) < 4.78 is 0. The average Bonchev–Trinajstić information content (AvgIpc) is 2.51. The van der Waals surface area contributed by atoms with Crippen LogP contribution in [0.5, 0.6) is 0 Å². The summed E-state index contributed by atoms with van der Waals surface area (Å²) in [7, 11) is 0. The molecule has 0 atom stereocenters. The molecular weight excluding hydrogens is 482 g/mol. The zero-order valence-corrected chi connectivity index (χ0v) is 12.2. The van der Waals surface area contributed by atoms with Crippen LogP contribution in [0, 0.1) is 17.9 Å². The van der Waals surface area contributed by atoms with Crippen molar-refractivity contribution < 1.29 is 42.1 Å². The second kappa shape index (κ2) is 31.4. The summed E-state index contributed by atoms with van der Waals surface area (Å²) in [6, 6.07) is 0. The van der Waals surface area contributed by atoms with Crippen molar-refractivity contribution in [3.8, 4) is 0 Å². The van der Waals surface area contributed by atoms with E-state index in [-0.39, 0.29) is 42.1 Å². The van der Waals surface area contributed by atoms with E-state index in [0.717, 1.165) is 6.42 Å². The first-order valence-electron chi connectivity index (χ1n) is 2.61. The Morgan fingerprint density at radius 3 is 1.91 bits per heavy atom.